The largest absolute Gasteiger partial charge is 0.418 e. The van der Waals surface area contributed by atoms with Crippen LogP contribution in [0.4, 0.5) is 18.9 Å². The predicted molar refractivity (Wildman–Crippen MR) is 113 cm³/mol. The number of nitrogens with zero attached hydrogens (tertiary/aromatic N) is 2. The van der Waals surface area contributed by atoms with Gasteiger partial charge in [-0.1, -0.05) is 29.8 Å². The van der Waals surface area contributed by atoms with Crippen LogP contribution >= 0.6 is 0 Å². The summed E-state index contributed by atoms with van der Waals surface area (Å²) in [5.74, 6) is -0.521. The molecular formula is C23H23F3N4O. The van der Waals surface area contributed by atoms with Crippen molar-refractivity contribution in [1.29, 1.82) is 0 Å². The molecule has 4 rings (SSSR count). The van der Waals surface area contributed by atoms with E-state index in [1.54, 1.807) is 4.68 Å². The van der Waals surface area contributed by atoms with E-state index in [4.69, 9.17) is 0 Å². The molecule has 2 heterocycles. The summed E-state index contributed by atoms with van der Waals surface area (Å²) in [5.41, 5.74) is 1.80. The maximum atomic E-state index is 13.4. The van der Waals surface area contributed by atoms with Crippen LogP contribution in [0.25, 0.3) is 5.69 Å². The molecule has 0 unspecified atom stereocenters. The molecule has 1 saturated heterocycles. The van der Waals surface area contributed by atoms with Gasteiger partial charge in [0.25, 0.3) is 5.91 Å². The zero-order valence-electron chi connectivity index (χ0n) is 17.0. The van der Waals surface area contributed by atoms with Gasteiger partial charge in [-0.25, -0.2) is 4.68 Å². The van der Waals surface area contributed by atoms with Crippen LogP contribution in [0.2, 0.25) is 0 Å². The van der Waals surface area contributed by atoms with Gasteiger partial charge in [-0.2, -0.15) is 18.3 Å². The van der Waals surface area contributed by atoms with Crippen LogP contribution in [0.5, 0.6) is 0 Å². The van der Waals surface area contributed by atoms with E-state index >= 15 is 0 Å². The van der Waals surface area contributed by atoms with Crippen molar-refractivity contribution in [2.45, 2.75) is 31.9 Å². The van der Waals surface area contributed by atoms with Crippen LogP contribution in [0.3, 0.4) is 0 Å². The molecule has 1 fully saturated rings. The number of anilines is 1. The number of carbonyl (C=O) groups is 1. The SMILES string of the molecule is Cc1ccc(-n2ncc(C(=O)Nc3ccccc3C(F)(F)F)c2C2CCNCC2)cc1. The van der Waals surface area contributed by atoms with E-state index in [0.29, 0.717) is 5.56 Å². The quantitative estimate of drug-likeness (QED) is 0.620. The van der Waals surface area contributed by atoms with E-state index < -0.39 is 17.6 Å². The summed E-state index contributed by atoms with van der Waals surface area (Å²) in [6.07, 6.45) is -1.48. The molecular weight excluding hydrogens is 405 g/mol. The number of benzene rings is 2. The Morgan fingerprint density at radius 1 is 1.10 bits per heavy atom. The second-order valence-electron chi connectivity index (χ2n) is 7.71. The van der Waals surface area contributed by atoms with Gasteiger partial charge in [0.2, 0.25) is 0 Å². The lowest BCUT2D eigenvalue weighted by Crippen LogP contribution is -2.29. The highest BCUT2D eigenvalue weighted by atomic mass is 19.4. The van der Waals surface area contributed by atoms with E-state index in [-0.39, 0.29) is 11.6 Å². The van der Waals surface area contributed by atoms with Crippen LogP contribution in [0.1, 0.15) is 45.9 Å². The molecule has 1 aliphatic rings. The van der Waals surface area contributed by atoms with Gasteiger partial charge >= 0.3 is 6.18 Å². The lowest BCUT2D eigenvalue weighted by molar-refractivity contribution is -0.136. The number of aryl methyl sites for hydroxylation is 1. The van der Waals surface area contributed by atoms with Gasteiger partial charge in [0.05, 0.1) is 34.4 Å². The molecule has 2 aromatic carbocycles. The van der Waals surface area contributed by atoms with E-state index in [1.807, 2.05) is 31.2 Å². The molecule has 0 spiro atoms. The lowest BCUT2D eigenvalue weighted by atomic mass is 9.91. The molecule has 0 radical (unpaired) electrons. The zero-order valence-corrected chi connectivity index (χ0v) is 17.0. The minimum absolute atomic E-state index is 0.0728. The molecule has 0 saturated carbocycles. The second-order valence-corrected chi connectivity index (χ2v) is 7.71. The summed E-state index contributed by atoms with van der Waals surface area (Å²) in [4.78, 5) is 13.1. The van der Waals surface area contributed by atoms with Gasteiger partial charge in [-0.15, -0.1) is 0 Å². The molecule has 5 nitrogen and oxygen atoms in total. The number of para-hydroxylation sites is 1. The number of piperidine rings is 1. The highest BCUT2D eigenvalue weighted by molar-refractivity contribution is 6.05. The Hall–Kier alpha value is -3.13. The average Bonchev–Trinajstić information content (AvgIpc) is 3.20. The Morgan fingerprint density at radius 3 is 2.45 bits per heavy atom. The summed E-state index contributed by atoms with van der Waals surface area (Å²) in [5, 5.41) is 10.2. The molecule has 2 N–H and O–H groups in total. The van der Waals surface area contributed by atoms with Crippen LogP contribution in [0, 0.1) is 6.92 Å². The summed E-state index contributed by atoms with van der Waals surface area (Å²) >= 11 is 0. The molecule has 162 valence electrons. The van der Waals surface area contributed by atoms with Crippen molar-refractivity contribution >= 4 is 11.6 Å². The van der Waals surface area contributed by atoms with Crippen molar-refractivity contribution < 1.29 is 18.0 Å². The summed E-state index contributed by atoms with van der Waals surface area (Å²) in [6, 6.07) is 12.8. The van der Waals surface area contributed by atoms with Gasteiger partial charge in [0, 0.05) is 5.92 Å². The Bertz CT molecular complexity index is 1070. The van der Waals surface area contributed by atoms with E-state index in [9.17, 15) is 18.0 Å². The second kappa shape index (κ2) is 8.55. The van der Waals surface area contributed by atoms with E-state index in [1.165, 1.54) is 24.4 Å². The molecule has 1 aromatic heterocycles. The highest BCUT2D eigenvalue weighted by Crippen LogP contribution is 2.35. The van der Waals surface area contributed by atoms with Crippen molar-refractivity contribution in [3.05, 3.63) is 77.1 Å². The molecule has 31 heavy (non-hydrogen) atoms. The lowest BCUT2D eigenvalue weighted by Gasteiger charge is -2.25. The zero-order chi connectivity index (χ0) is 22.0. The third kappa shape index (κ3) is 4.49. The van der Waals surface area contributed by atoms with Crippen molar-refractivity contribution in [1.82, 2.24) is 15.1 Å². The van der Waals surface area contributed by atoms with E-state index in [2.05, 4.69) is 15.7 Å². The summed E-state index contributed by atoms with van der Waals surface area (Å²) in [7, 11) is 0. The van der Waals surface area contributed by atoms with Crippen molar-refractivity contribution in [3.8, 4) is 5.69 Å². The van der Waals surface area contributed by atoms with Crippen molar-refractivity contribution in [2.75, 3.05) is 18.4 Å². The first-order valence-electron chi connectivity index (χ1n) is 10.2. The maximum Gasteiger partial charge on any atom is 0.418 e. The molecule has 1 amide bonds. The Kier molecular flexibility index (Phi) is 5.82. The normalized spacial score (nSPS) is 15.1. The predicted octanol–water partition coefficient (Wildman–Crippen LogP) is 4.92. The van der Waals surface area contributed by atoms with Crippen LogP contribution in [-0.2, 0) is 6.18 Å². The first kappa shape index (κ1) is 21.1. The fraction of sp³-hybridized carbons (Fsp3) is 0.304. The van der Waals surface area contributed by atoms with Crippen molar-refractivity contribution in [3.63, 3.8) is 0 Å². The van der Waals surface area contributed by atoms with Crippen LogP contribution in [0.15, 0.2) is 54.7 Å². The smallest absolute Gasteiger partial charge is 0.321 e. The molecule has 0 aliphatic carbocycles. The summed E-state index contributed by atoms with van der Waals surface area (Å²) < 4.78 is 41.8. The first-order valence-corrected chi connectivity index (χ1v) is 10.2. The Balaban J connectivity index is 1.73. The van der Waals surface area contributed by atoms with Gasteiger partial charge < -0.3 is 10.6 Å². The average molecular weight is 428 g/mol. The third-order valence-corrected chi connectivity index (χ3v) is 5.54. The van der Waals surface area contributed by atoms with Crippen LogP contribution in [-0.4, -0.2) is 28.8 Å². The number of amides is 1. The first-order chi connectivity index (χ1) is 14.8. The Labute approximate surface area is 178 Å². The van der Waals surface area contributed by atoms with Crippen molar-refractivity contribution in [2.24, 2.45) is 0 Å². The molecule has 3 aromatic rings. The number of halogens is 3. The fourth-order valence-corrected chi connectivity index (χ4v) is 3.94. The highest BCUT2D eigenvalue weighted by Gasteiger charge is 2.34. The molecule has 0 bridgehead atoms. The standard InChI is InChI=1S/C23H23F3N4O/c1-15-6-8-17(9-7-15)30-21(16-10-12-27-13-11-16)18(14-28-30)22(31)29-20-5-3-2-4-19(20)23(24,25)26/h2-9,14,16,27H,10-13H2,1H3,(H,29,31). The number of hydrogen-bond acceptors (Lipinski definition) is 3. The number of rotatable bonds is 4. The molecule has 1 aliphatic heterocycles. The van der Waals surface area contributed by atoms with E-state index in [0.717, 1.165) is 48.9 Å². The minimum Gasteiger partial charge on any atom is -0.321 e. The number of hydrogen-bond donors (Lipinski definition) is 2. The number of carbonyl (C=O) groups excluding carboxylic acids is 1. The van der Waals surface area contributed by atoms with Gasteiger partial charge in [0.15, 0.2) is 0 Å². The third-order valence-electron chi connectivity index (χ3n) is 5.54. The summed E-state index contributed by atoms with van der Waals surface area (Å²) in [6.45, 7) is 3.60. The van der Waals surface area contributed by atoms with Crippen LogP contribution < -0.4 is 10.6 Å². The molecule has 0 atom stereocenters. The number of aromatic nitrogens is 2. The van der Waals surface area contributed by atoms with Gasteiger partial charge in [-0.05, 0) is 57.1 Å². The minimum atomic E-state index is -4.56. The van der Waals surface area contributed by atoms with Gasteiger partial charge in [-0.3, -0.25) is 4.79 Å². The topological polar surface area (TPSA) is 59.0 Å². The monoisotopic (exact) mass is 428 g/mol. The Morgan fingerprint density at radius 2 is 1.77 bits per heavy atom. The maximum absolute atomic E-state index is 13.4. The fourth-order valence-electron chi connectivity index (χ4n) is 3.94. The number of alkyl halides is 3. The number of nitrogens with one attached hydrogen (secondary N) is 2. The molecule has 8 heteroatoms. The van der Waals surface area contributed by atoms with Gasteiger partial charge in [0.1, 0.15) is 0 Å².